The van der Waals surface area contributed by atoms with Crippen LogP contribution in [-0.4, -0.2) is 60.2 Å². The molecule has 8 heteroatoms. The first kappa shape index (κ1) is 18.5. The fourth-order valence-electron chi connectivity index (χ4n) is 3.21. The highest BCUT2D eigenvalue weighted by Gasteiger charge is 2.39. The standard InChI is InChI=1S/C17H22F3N3OS/c1-12-15(24)23(10-9-22-7-5-21-6-8-22)16(25-12)13-3-2-4-14(11-13)17(18,19)20/h2-4,11-12,16,21H,5-10H2,1H3/t12-,16-/m0/s1. The molecule has 0 radical (unpaired) electrons. The van der Waals surface area contributed by atoms with Gasteiger partial charge in [-0.1, -0.05) is 12.1 Å². The molecule has 2 aliphatic rings. The van der Waals surface area contributed by atoms with Crippen molar-refractivity contribution in [1.29, 1.82) is 0 Å². The van der Waals surface area contributed by atoms with Crippen LogP contribution in [0.25, 0.3) is 0 Å². The van der Waals surface area contributed by atoms with Crippen molar-refractivity contribution in [3.63, 3.8) is 0 Å². The zero-order valence-electron chi connectivity index (χ0n) is 14.1. The van der Waals surface area contributed by atoms with E-state index in [9.17, 15) is 18.0 Å². The number of carbonyl (C=O) groups is 1. The molecule has 138 valence electrons. The Bertz CT molecular complexity index is 619. The molecule has 0 spiro atoms. The van der Waals surface area contributed by atoms with Crippen molar-refractivity contribution in [2.45, 2.75) is 23.7 Å². The molecule has 1 N–H and O–H groups in total. The van der Waals surface area contributed by atoms with Crippen molar-refractivity contribution in [3.05, 3.63) is 35.4 Å². The van der Waals surface area contributed by atoms with Gasteiger partial charge in [-0.15, -0.1) is 11.8 Å². The molecule has 0 bridgehead atoms. The molecule has 2 saturated heterocycles. The minimum absolute atomic E-state index is 0.00236. The number of nitrogens with zero attached hydrogens (tertiary/aromatic N) is 2. The molecule has 0 unspecified atom stereocenters. The lowest BCUT2D eigenvalue weighted by atomic mass is 10.1. The van der Waals surface area contributed by atoms with Crippen LogP contribution in [0.2, 0.25) is 0 Å². The number of hydrogen-bond acceptors (Lipinski definition) is 4. The van der Waals surface area contributed by atoms with Crippen LogP contribution < -0.4 is 5.32 Å². The van der Waals surface area contributed by atoms with Crippen LogP contribution in [-0.2, 0) is 11.0 Å². The second-order valence-corrected chi connectivity index (χ2v) is 7.80. The summed E-state index contributed by atoms with van der Waals surface area (Å²) < 4.78 is 39.0. The maximum Gasteiger partial charge on any atom is 0.416 e. The van der Waals surface area contributed by atoms with E-state index in [0.717, 1.165) is 38.8 Å². The average molecular weight is 373 g/mol. The zero-order chi connectivity index (χ0) is 18.0. The van der Waals surface area contributed by atoms with E-state index in [2.05, 4.69) is 10.2 Å². The normalized spacial score (nSPS) is 25.6. The molecule has 2 heterocycles. The van der Waals surface area contributed by atoms with E-state index in [0.29, 0.717) is 12.1 Å². The van der Waals surface area contributed by atoms with E-state index in [1.54, 1.807) is 11.0 Å². The molecule has 0 aliphatic carbocycles. The summed E-state index contributed by atoms with van der Waals surface area (Å²) in [5, 5.41) is 2.69. The van der Waals surface area contributed by atoms with Crippen LogP contribution in [0.5, 0.6) is 0 Å². The van der Waals surface area contributed by atoms with Crippen LogP contribution in [0.15, 0.2) is 24.3 Å². The summed E-state index contributed by atoms with van der Waals surface area (Å²) in [5.74, 6) is 0.00236. The van der Waals surface area contributed by atoms with Gasteiger partial charge in [0.05, 0.1) is 10.8 Å². The monoisotopic (exact) mass is 373 g/mol. The van der Waals surface area contributed by atoms with E-state index in [1.165, 1.54) is 23.9 Å². The van der Waals surface area contributed by atoms with Gasteiger partial charge in [-0.05, 0) is 24.6 Å². The fraction of sp³-hybridized carbons (Fsp3) is 0.588. The number of thioether (sulfide) groups is 1. The summed E-state index contributed by atoms with van der Waals surface area (Å²) >= 11 is 1.42. The van der Waals surface area contributed by atoms with Gasteiger partial charge < -0.3 is 10.2 Å². The van der Waals surface area contributed by atoms with Gasteiger partial charge in [-0.2, -0.15) is 13.2 Å². The van der Waals surface area contributed by atoms with E-state index in [4.69, 9.17) is 0 Å². The molecule has 1 amide bonds. The number of amides is 1. The fourth-order valence-corrected chi connectivity index (χ4v) is 4.51. The van der Waals surface area contributed by atoms with Gasteiger partial charge >= 0.3 is 6.18 Å². The van der Waals surface area contributed by atoms with Crippen LogP contribution in [0.3, 0.4) is 0 Å². The minimum Gasteiger partial charge on any atom is -0.324 e. The summed E-state index contributed by atoms with van der Waals surface area (Å²) in [6, 6.07) is 5.33. The molecule has 1 aromatic carbocycles. The molecule has 0 saturated carbocycles. The van der Waals surface area contributed by atoms with Crippen molar-refractivity contribution in [2.75, 3.05) is 39.3 Å². The number of nitrogens with one attached hydrogen (secondary N) is 1. The van der Waals surface area contributed by atoms with Gasteiger partial charge in [0.15, 0.2) is 0 Å². The molecule has 2 fully saturated rings. The molecule has 2 atom stereocenters. The predicted molar refractivity (Wildman–Crippen MR) is 92.3 cm³/mol. The van der Waals surface area contributed by atoms with Crippen LogP contribution in [0.4, 0.5) is 13.2 Å². The highest BCUT2D eigenvalue weighted by molar-refractivity contribution is 8.01. The summed E-state index contributed by atoms with van der Waals surface area (Å²) in [7, 11) is 0. The number of carbonyl (C=O) groups excluding carboxylic acids is 1. The Kier molecular flexibility index (Phi) is 5.60. The SMILES string of the molecule is C[C@@H]1S[C@@H](c2cccc(C(F)(F)F)c2)N(CCN2CCNCC2)C1=O. The van der Waals surface area contributed by atoms with Crippen molar-refractivity contribution < 1.29 is 18.0 Å². The first-order valence-corrected chi connectivity index (χ1v) is 9.37. The maximum atomic E-state index is 13.0. The Morgan fingerprint density at radius 3 is 2.64 bits per heavy atom. The maximum absolute atomic E-state index is 13.0. The first-order chi connectivity index (χ1) is 11.9. The van der Waals surface area contributed by atoms with Crippen molar-refractivity contribution >= 4 is 17.7 Å². The van der Waals surface area contributed by atoms with Crippen LogP contribution in [0.1, 0.15) is 23.4 Å². The number of halogens is 3. The van der Waals surface area contributed by atoms with E-state index in [1.807, 2.05) is 6.92 Å². The molecule has 4 nitrogen and oxygen atoms in total. The van der Waals surface area contributed by atoms with Gasteiger partial charge in [0.2, 0.25) is 5.91 Å². The molecular weight excluding hydrogens is 351 g/mol. The van der Waals surface area contributed by atoms with Gasteiger partial charge in [0, 0.05) is 39.3 Å². The van der Waals surface area contributed by atoms with Crippen LogP contribution in [0, 0.1) is 0 Å². The van der Waals surface area contributed by atoms with Gasteiger partial charge in [-0.3, -0.25) is 9.69 Å². The molecule has 3 rings (SSSR count). The van der Waals surface area contributed by atoms with Crippen molar-refractivity contribution in [1.82, 2.24) is 15.1 Å². The van der Waals surface area contributed by atoms with Crippen molar-refractivity contribution in [3.8, 4) is 0 Å². The number of alkyl halides is 3. The third-order valence-electron chi connectivity index (χ3n) is 4.61. The number of benzene rings is 1. The highest BCUT2D eigenvalue weighted by Crippen LogP contribution is 2.43. The van der Waals surface area contributed by atoms with Crippen LogP contribution >= 0.6 is 11.8 Å². The first-order valence-electron chi connectivity index (χ1n) is 8.42. The van der Waals surface area contributed by atoms with E-state index in [-0.39, 0.29) is 16.5 Å². The lowest BCUT2D eigenvalue weighted by Gasteiger charge is -2.31. The second-order valence-electron chi connectivity index (χ2n) is 6.38. The quantitative estimate of drug-likeness (QED) is 0.880. The Morgan fingerprint density at radius 2 is 1.96 bits per heavy atom. The summed E-state index contributed by atoms with van der Waals surface area (Å²) in [6.45, 7) is 6.82. The second kappa shape index (κ2) is 7.55. The molecule has 1 aromatic rings. The smallest absolute Gasteiger partial charge is 0.324 e. The molecule has 0 aromatic heterocycles. The third-order valence-corrected chi connectivity index (χ3v) is 6.01. The summed E-state index contributed by atoms with van der Waals surface area (Å²) in [5.41, 5.74) is -0.127. The molecule has 2 aliphatic heterocycles. The topological polar surface area (TPSA) is 35.6 Å². The lowest BCUT2D eigenvalue weighted by molar-refractivity contribution is -0.137. The number of rotatable bonds is 4. The Labute approximate surface area is 149 Å². The van der Waals surface area contributed by atoms with Crippen molar-refractivity contribution in [2.24, 2.45) is 0 Å². The third kappa shape index (κ3) is 4.30. The van der Waals surface area contributed by atoms with Gasteiger partial charge in [0.1, 0.15) is 5.37 Å². The van der Waals surface area contributed by atoms with E-state index >= 15 is 0 Å². The van der Waals surface area contributed by atoms with Gasteiger partial charge in [0.25, 0.3) is 0 Å². The Morgan fingerprint density at radius 1 is 1.24 bits per heavy atom. The minimum atomic E-state index is -4.37. The molecule has 25 heavy (non-hydrogen) atoms. The predicted octanol–water partition coefficient (Wildman–Crippen LogP) is 2.57. The lowest BCUT2D eigenvalue weighted by Crippen LogP contribution is -2.46. The largest absolute Gasteiger partial charge is 0.416 e. The molecular formula is C17H22F3N3OS. The summed E-state index contributed by atoms with van der Waals surface area (Å²) in [6.07, 6.45) is -4.37. The highest BCUT2D eigenvalue weighted by atomic mass is 32.2. The van der Waals surface area contributed by atoms with Gasteiger partial charge in [-0.25, -0.2) is 0 Å². The Hall–Kier alpha value is -1.25. The zero-order valence-corrected chi connectivity index (χ0v) is 14.9. The number of piperazine rings is 1. The average Bonchev–Trinajstić information content (AvgIpc) is 2.88. The van der Waals surface area contributed by atoms with E-state index < -0.39 is 11.7 Å². The summed E-state index contributed by atoms with van der Waals surface area (Å²) in [4.78, 5) is 16.5. The number of hydrogen-bond donors (Lipinski definition) is 1. The Balaban J connectivity index is 1.75.